The summed E-state index contributed by atoms with van der Waals surface area (Å²) < 4.78 is 11.1. The predicted octanol–water partition coefficient (Wildman–Crippen LogP) is 11.1. The standard InChI is InChI=1S/C55H76N4O5/c1-13-39-35(8)42-28-44-37(10)41(24-25-48(60)64-27-26-34(7)23-17-22-33(6)21-16-20-32(5)19-15-18-31(3)4)52(58-44)50-51(55(62)63-12)54(61)49-38(11)45(59-53(49)50)30-47-40(14-2)36(9)43(57-47)29-46(39)56-42/h13,26,28-33,37,41,51,56-59H,1,14-25,27H2,2-12H3/b34-26+,43-29-,44-28+,47-30-,52-50-/t32-,33-,37+,41+,51-/m1/s1. The monoisotopic (exact) mass is 873 g/mol. The lowest BCUT2D eigenvalue weighted by molar-refractivity contribution is -0.143. The van der Waals surface area contributed by atoms with Gasteiger partial charge in [0.1, 0.15) is 12.5 Å². The third-order valence-corrected chi connectivity index (χ3v) is 14.6. The number of methoxy groups -OCH3 is 1. The number of nitrogens with one attached hydrogen (secondary N) is 4. The largest absolute Gasteiger partial charge is 0.468 e. The van der Waals surface area contributed by atoms with Gasteiger partial charge in [-0.05, 0) is 118 Å². The van der Waals surface area contributed by atoms with Crippen LogP contribution >= 0.6 is 0 Å². The number of aromatic amines is 3. The van der Waals surface area contributed by atoms with Crippen molar-refractivity contribution in [1.82, 2.24) is 20.3 Å². The Kier molecular flexibility index (Phi) is 16.1. The van der Waals surface area contributed by atoms with E-state index in [0.29, 0.717) is 23.3 Å². The topological polar surface area (TPSA) is 129 Å². The highest BCUT2D eigenvalue weighted by Crippen LogP contribution is 2.48. The van der Waals surface area contributed by atoms with E-state index >= 15 is 0 Å². The summed E-state index contributed by atoms with van der Waals surface area (Å²) in [5.74, 6) is -0.275. The first-order chi connectivity index (χ1) is 30.6. The summed E-state index contributed by atoms with van der Waals surface area (Å²) in [5.41, 5.74) is 12.5. The van der Waals surface area contributed by atoms with Crippen molar-refractivity contribution < 1.29 is 23.9 Å². The van der Waals surface area contributed by atoms with Crippen LogP contribution in [0.25, 0.3) is 29.9 Å². The molecule has 1 fully saturated rings. The lowest BCUT2D eigenvalue weighted by Crippen LogP contribution is -2.25. The van der Waals surface area contributed by atoms with Crippen molar-refractivity contribution in [2.75, 3.05) is 13.7 Å². The van der Waals surface area contributed by atoms with Crippen LogP contribution in [0.15, 0.2) is 29.6 Å². The highest BCUT2D eigenvalue weighted by atomic mass is 16.5. The highest BCUT2D eigenvalue weighted by Gasteiger charge is 2.48. The number of rotatable bonds is 20. The number of aromatic nitrogens is 3. The number of hydrogen-bond acceptors (Lipinski definition) is 6. The molecule has 4 N–H and O–H groups in total. The van der Waals surface area contributed by atoms with Gasteiger partial charge in [-0.1, -0.05) is 105 Å². The number of H-pyrrole nitrogens is 3. The zero-order valence-electron chi connectivity index (χ0n) is 40.8. The van der Waals surface area contributed by atoms with Crippen LogP contribution in [0.3, 0.4) is 0 Å². The van der Waals surface area contributed by atoms with Gasteiger partial charge >= 0.3 is 11.9 Å². The lowest BCUT2D eigenvalue weighted by atomic mass is 9.85. The van der Waals surface area contributed by atoms with E-state index in [1.807, 2.05) is 19.1 Å². The van der Waals surface area contributed by atoms with Crippen LogP contribution in [0.1, 0.15) is 180 Å². The number of Topliss-reactive ketones (excluding diaryl/α,β-unsaturated/α-hetero) is 1. The molecule has 0 saturated carbocycles. The van der Waals surface area contributed by atoms with Crippen molar-refractivity contribution in [3.63, 3.8) is 0 Å². The molecule has 64 heavy (non-hydrogen) atoms. The maximum absolute atomic E-state index is 14.4. The van der Waals surface area contributed by atoms with E-state index in [-0.39, 0.29) is 36.6 Å². The zero-order valence-corrected chi connectivity index (χ0v) is 40.8. The normalized spacial score (nSPS) is 22.0. The van der Waals surface area contributed by atoms with Crippen LogP contribution < -0.4 is 16.0 Å². The fourth-order valence-corrected chi connectivity index (χ4v) is 10.4. The first-order valence-corrected chi connectivity index (χ1v) is 24.2. The summed E-state index contributed by atoms with van der Waals surface area (Å²) in [4.78, 5) is 52.4. The molecule has 1 aliphatic carbocycles. The van der Waals surface area contributed by atoms with Gasteiger partial charge in [-0.2, -0.15) is 0 Å². The molecule has 1 saturated heterocycles. The van der Waals surface area contributed by atoms with Gasteiger partial charge in [0.05, 0.1) is 12.8 Å². The molecule has 9 nitrogen and oxygen atoms in total. The zero-order chi connectivity index (χ0) is 46.4. The molecular formula is C55H76N4O5. The fourth-order valence-electron chi connectivity index (χ4n) is 10.4. The molecule has 9 heteroatoms. The van der Waals surface area contributed by atoms with Gasteiger partial charge < -0.3 is 29.7 Å². The first-order valence-electron chi connectivity index (χ1n) is 24.2. The molecular weight excluding hydrogens is 797 g/mol. The molecule has 8 bridgehead atoms. The summed E-state index contributed by atoms with van der Waals surface area (Å²) in [6.07, 6.45) is 23.1. The first kappa shape index (κ1) is 48.4. The Morgan fingerprint density at radius 2 is 1.48 bits per heavy atom. The van der Waals surface area contributed by atoms with E-state index in [1.165, 1.54) is 63.2 Å². The molecule has 2 aliphatic heterocycles. The van der Waals surface area contributed by atoms with Gasteiger partial charge in [-0.15, -0.1) is 0 Å². The van der Waals surface area contributed by atoms with Crippen molar-refractivity contribution in [3.8, 4) is 0 Å². The molecule has 0 radical (unpaired) electrons. The Bertz CT molecular complexity index is 2450. The Morgan fingerprint density at radius 1 is 0.828 bits per heavy atom. The molecule has 0 amide bonds. The van der Waals surface area contributed by atoms with Crippen LogP contribution in [0.2, 0.25) is 0 Å². The smallest absolute Gasteiger partial charge is 0.321 e. The van der Waals surface area contributed by atoms with E-state index in [9.17, 15) is 14.4 Å². The van der Waals surface area contributed by atoms with Crippen molar-refractivity contribution >= 4 is 47.6 Å². The molecule has 0 aromatic carbocycles. The number of fused-ring (bicyclic) bond motifs is 7. The van der Waals surface area contributed by atoms with Gasteiger partial charge in [0.2, 0.25) is 0 Å². The van der Waals surface area contributed by atoms with Crippen molar-refractivity contribution in [1.29, 1.82) is 0 Å². The molecule has 5 heterocycles. The quantitative estimate of drug-likeness (QED) is 0.0508. The molecule has 3 aromatic heterocycles. The third-order valence-electron chi connectivity index (χ3n) is 14.6. The van der Waals surface area contributed by atoms with Crippen LogP contribution in [0, 0.1) is 56.3 Å². The van der Waals surface area contributed by atoms with E-state index in [1.54, 1.807) is 0 Å². The van der Waals surface area contributed by atoms with Gasteiger partial charge in [0.15, 0.2) is 5.78 Å². The van der Waals surface area contributed by atoms with Gasteiger partial charge in [0, 0.05) is 74.1 Å². The Labute approximate surface area is 382 Å². The van der Waals surface area contributed by atoms with E-state index in [4.69, 9.17) is 9.47 Å². The van der Waals surface area contributed by atoms with Crippen LogP contribution in [0.4, 0.5) is 0 Å². The summed E-state index contributed by atoms with van der Waals surface area (Å²) in [6, 6.07) is 0. The molecule has 3 aliphatic rings. The average molecular weight is 873 g/mol. The van der Waals surface area contributed by atoms with Crippen LogP contribution in [-0.2, 0) is 25.5 Å². The van der Waals surface area contributed by atoms with Gasteiger partial charge in [0.25, 0.3) is 0 Å². The predicted molar refractivity (Wildman–Crippen MR) is 262 cm³/mol. The minimum Gasteiger partial charge on any atom is -0.468 e. The van der Waals surface area contributed by atoms with E-state index < -0.39 is 11.9 Å². The Hall–Kier alpha value is -5.05. The van der Waals surface area contributed by atoms with E-state index in [2.05, 4.69) is 107 Å². The maximum atomic E-state index is 14.4. The van der Waals surface area contributed by atoms with Gasteiger partial charge in [-0.3, -0.25) is 14.4 Å². The summed E-state index contributed by atoms with van der Waals surface area (Å²) in [5, 5.41) is 5.66. The minimum absolute atomic E-state index is 0.0876. The van der Waals surface area contributed by atoms with Crippen molar-refractivity contribution in [2.24, 2.45) is 35.5 Å². The van der Waals surface area contributed by atoms with Crippen LogP contribution in [0.5, 0.6) is 0 Å². The van der Waals surface area contributed by atoms with Crippen molar-refractivity contribution in [2.45, 2.75) is 146 Å². The SMILES string of the molecule is C=Cc1c2[nH]c(c1C)/C=C1/N/C(=C3\c4[nH]c(c(C)c4C(=O)[C@@H]3C(=O)OC)/C=c3\[nH]/c(c(C)c3CC)=C\2)[C@@H](CCC(=O)OC/C=C(\C)CCC[C@H](C)CCC[C@H](C)CCCC(C)C)[C@@H]1C. The Balaban J connectivity index is 1.21. The maximum Gasteiger partial charge on any atom is 0.321 e. The van der Waals surface area contributed by atoms with Crippen molar-refractivity contribution in [3.05, 3.63) is 96.5 Å². The van der Waals surface area contributed by atoms with Gasteiger partial charge in [-0.25, -0.2) is 0 Å². The summed E-state index contributed by atoms with van der Waals surface area (Å²) in [7, 11) is 1.32. The summed E-state index contributed by atoms with van der Waals surface area (Å²) in [6.45, 7) is 26.4. The second-order valence-electron chi connectivity index (χ2n) is 19.7. The lowest BCUT2D eigenvalue weighted by Gasteiger charge is -2.19. The molecule has 346 valence electrons. The second kappa shape index (κ2) is 21.3. The molecule has 5 atom stereocenters. The Morgan fingerprint density at radius 3 is 2.14 bits per heavy atom. The minimum atomic E-state index is -1.14. The average Bonchev–Trinajstić information content (AvgIpc) is 3.99. The number of carbonyl (C=O) groups is 3. The second-order valence-corrected chi connectivity index (χ2v) is 19.7. The number of carbonyl (C=O) groups excluding carboxylic acids is 3. The fraction of sp³-hybridized carbons (Fsp3) is 0.545. The number of ether oxygens (including phenoxy) is 2. The molecule has 6 rings (SSSR count). The molecule has 0 spiro atoms. The number of hydrogen-bond donors (Lipinski definition) is 4. The van der Waals surface area contributed by atoms with E-state index in [0.717, 1.165) is 98.4 Å². The molecule has 3 aromatic rings. The highest BCUT2D eigenvalue weighted by molar-refractivity contribution is 6.24. The number of esters is 2. The third kappa shape index (κ3) is 10.6. The number of allylic oxidation sites excluding steroid dienone is 3. The number of ketones is 1. The van der Waals surface area contributed by atoms with Crippen LogP contribution in [-0.4, -0.2) is 46.4 Å². The summed E-state index contributed by atoms with van der Waals surface area (Å²) >= 11 is 0. The molecule has 0 unspecified atom stereocenters.